The number of phenols is 12. The van der Waals surface area contributed by atoms with Gasteiger partial charge in [0.15, 0.2) is 0 Å². The average Bonchev–Trinajstić information content (AvgIpc) is 3.14. The van der Waals surface area contributed by atoms with Crippen LogP contribution in [0.1, 0.15) is 0 Å². The molecule has 54 heavy (non-hydrogen) atoms. The lowest BCUT2D eigenvalue weighted by molar-refractivity contribution is 0.460. The Morgan fingerprint density at radius 1 is 0.222 bits per heavy atom. The SMILES string of the molecule is N=C=O.N=C=O.Oc1ccc(O)cc1.Oc1ccc(O)cc1.Oc1ccc(O)cc1.Oc1ccc(O)cc1.Oc1ccc(O)cc1.Oc1ccc(O)cc1. The van der Waals surface area contributed by atoms with Gasteiger partial charge in [0, 0.05) is 0 Å². The van der Waals surface area contributed by atoms with Gasteiger partial charge in [0.1, 0.15) is 69.0 Å². The van der Waals surface area contributed by atoms with Crippen molar-refractivity contribution in [3.05, 3.63) is 146 Å². The number of phenolic OH excluding ortho intramolecular Hbond substituents is 12. The topological polar surface area (TPSA) is 325 Å². The molecule has 6 rings (SSSR count). The van der Waals surface area contributed by atoms with Crippen molar-refractivity contribution in [2.45, 2.75) is 0 Å². The van der Waals surface area contributed by atoms with Crippen LogP contribution in [0.5, 0.6) is 69.0 Å². The molecule has 284 valence electrons. The van der Waals surface area contributed by atoms with Gasteiger partial charge >= 0.3 is 0 Å². The van der Waals surface area contributed by atoms with Gasteiger partial charge in [-0.15, -0.1) is 0 Å². The molecular weight excluding hydrogens is 708 g/mol. The summed E-state index contributed by atoms with van der Waals surface area (Å²) < 4.78 is 0. The first-order chi connectivity index (χ1) is 25.6. The van der Waals surface area contributed by atoms with Crippen molar-refractivity contribution >= 4 is 12.2 Å². The second-order valence-electron chi connectivity index (χ2n) is 9.30. The summed E-state index contributed by atoms with van der Waals surface area (Å²) in [4.78, 5) is 16.7. The van der Waals surface area contributed by atoms with Crippen LogP contribution >= 0.6 is 0 Å². The second-order valence-corrected chi connectivity index (χ2v) is 9.30. The zero-order valence-corrected chi connectivity index (χ0v) is 28.0. The molecule has 14 N–H and O–H groups in total. The second kappa shape index (κ2) is 29.6. The van der Waals surface area contributed by atoms with Crippen LogP contribution in [-0.2, 0) is 9.59 Å². The molecule has 6 aromatic rings. The molecule has 0 bridgehead atoms. The molecular formula is C38H38N2O14. The molecule has 0 aliphatic rings. The fourth-order valence-electron chi connectivity index (χ4n) is 2.72. The molecule has 0 spiro atoms. The first kappa shape index (κ1) is 47.8. The molecule has 0 atom stereocenters. The largest absolute Gasteiger partial charge is 0.508 e. The smallest absolute Gasteiger partial charge is 0.231 e. The zero-order valence-electron chi connectivity index (χ0n) is 28.0. The number of nitrogens with one attached hydrogen (secondary N) is 2. The van der Waals surface area contributed by atoms with Crippen molar-refractivity contribution in [2.24, 2.45) is 0 Å². The summed E-state index contributed by atoms with van der Waals surface area (Å²) in [5.74, 6) is 2.03. The summed E-state index contributed by atoms with van der Waals surface area (Å²) in [6.07, 6.45) is 1.50. The first-order valence-corrected chi connectivity index (χ1v) is 14.5. The minimum Gasteiger partial charge on any atom is -0.508 e. The van der Waals surface area contributed by atoms with E-state index in [0.29, 0.717) is 0 Å². The molecule has 0 aliphatic carbocycles. The molecule has 0 radical (unpaired) electrons. The van der Waals surface area contributed by atoms with Gasteiger partial charge < -0.3 is 61.3 Å². The molecule has 0 aromatic heterocycles. The maximum atomic E-state index is 8.65. The number of aromatic hydroxyl groups is 12. The van der Waals surface area contributed by atoms with E-state index in [1.807, 2.05) is 0 Å². The molecule has 0 saturated carbocycles. The molecule has 0 heterocycles. The van der Waals surface area contributed by atoms with Gasteiger partial charge in [-0.1, -0.05) is 0 Å². The fourth-order valence-corrected chi connectivity index (χ4v) is 2.72. The summed E-state index contributed by atoms with van der Waals surface area (Å²) in [5.41, 5.74) is 0. The molecule has 6 aromatic carbocycles. The van der Waals surface area contributed by atoms with Gasteiger partial charge in [-0.05, 0) is 146 Å². The summed E-state index contributed by atoms with van der Waals surface area (Å²) in [7, 11) is 0. The quantitative estimate of drug-likeness (QED) is 0.0455. The van der Waals surface area contributed by atoms with Crippen LogP contribution in [0.3, 0.4) is 0 Å². The Balaban J connectivity index is 0. The van der Waals surface area contributed by atoms with Crippen LogP contribution in [-0.4, -0.2) is 73.4 Å². The summed E-state index contributed by atoms with van der Waals surface area (Å²) >= 11 is 0. The minimum absolute atomic E-state index is 0.169. The van der Waals surface area contributed by atoms with Crippen molar-refractivity contribution in [3.63, 3.8) is 0 Å². The van der Waals surface area contributed by atoms with Crippen LogP contribution in [0.15, 0.2) is 146 Å². The standard InChI is InChI=1S/6C6H6O2.2CHNO/c6*7-5-1-2-6(8)4-3-5;2*2-1-3/h6*1-4,7-8H;2*2H. The lowest BCUT2D eigenvalue weighted by Gasteiger charge is -1.88. The summed E-state index contributed by atoms with van der Waals surface area (Å²) in [6.45, 7) is 0. The van der Waals surface area contributed by atoms with E-state index in [4.69, 9.17) is 81.7 Å². The summed E-state index contributed by atoms with van der Waals surface area (Å²) in [5, 5.41) is 115. The first-order valence-electron chi connectivity index (χ1n) is 14.5. The highest BCUT2D eigenvalue weighted by Crippen LogP contribution is 2.16. The van der Waals surface area contributed by atoms with Crippen LogP contribution < -0.4 is 0 Å². The van der Waals surface area contributed by atoms with Crippen LogP contribution in [0.2, 0.25) is 0 Å². The van der Waals surface area contributed by atoms with Gasteiger partial charge in [0.2, 0.25) is 12.2 Å². The molecule has 0 unspecified atom stereocenters. The summed E-state index contributed by atoms with van der Waals surface area (Å²) in [6, 6.07) is 34.2. The number of isocyanates is 2. The van der Waals surface area contributed by atoms with Crippen LogP contribution in [0.4, 0.5) is 0 Å². The predicted octanol–water partition coefficient (Wildman–Crippen LogP) is 6.39. The molecule has 16 nitrogen and oxygen atoms in total. The van der Waals surface area contributed by atoms with Gasteiger partial charge in [-0.2, -0.15) is 0 Å². The molecule has 16 heteroatoms. The van der Waals surface area contributed by atoms with Crippen LogP contribution in [0, 0.1) is 10.8 Å². The van der Waals surface area contributed by atoms with E-state index in [1.54, 1.807) is 0 Å². The number of hydrogen-bond acceptors (Lipinski definition) is 16. The maximum absolute atomic E-state index is 8.65. The Morgan fingerprint density at radius 3 is 0.296 bits per heavy atom. The van der Waals surface area contributed by atoms with Crippen molar-refractivity contribution in [2.75, 3.05) is 0 Å². The average molecular weight is 747 g/mol. The Bertz CT molecular complexity index is 1400. The third-order valence-corrected chi connectivity index (χ3v) is 5.10. The maximum Gasteiger partial charge on any atom is 0.231 e. The van der Waals surface area contributed by atoms with E-state index in [2.05, 4.69) is 0 Å². The Kier molecular flexibility index (Phi) is 26.2. The van der Waals surface area contributed by atoms with Crippen molar-refractivity contribution in [1.29, 1.82) is 10.8 Å². The molecule has 0 amide bonds. The number of benzene rings is 6. The van der Waals surface area contributed by atoms with E-state index in [1.165, 1.54) is 146 Å². The number of hydrogen-bond donors (Lipinski definition) is 14. The highest BCUT2D eigenvalue weighted by molar-refractivity contribution is 5.32. The highest BCUT2D eigenvalue weighted by atomic mass is 16.3. The van der Waals surface area contributed by atoms with Gasteiger partial charge in [-0.25, -0.2) is 20.4 Å². The van der Waals surface area contributed by atoms with Crippen LogP contribution in [0.25, 0.3) is 0 Å². The van der Waals surface area contributed by atoms with E-state index >= 15 is 0 Å². The van der Waals surface area contributed by atoms with E-state index in [0.717, 1.165) is 12.2 Å². The lowest BCUT2D eigenvalue weighted by atomic mass is 10.3. The van der Waals surface area contributed by atoms with Crippen molar-refractivity contribution in [3.8, 4) is 69.0 Å². The highest BCUT2D eigenvalue weighted by Gasteiger charge is 1.87. The van der Waals surface area contributed by atoms with Gasteiger partial charge in [-0.3, -0.25) is 0 Å². The number of carbonyl (C=O) groups excluding carboxylic acids is 2. The number of rotatable bonds is 0. The van der Waals surface area contributed by atoms with E-state index in [9.17, 15) is 0 Å². The van der Waals surface area contributed by atoms with Gasteiger partial charge in [0.05, 0.1) is 0 Å². The fraction of sp³-hybridized carbons (Fsp3) is 0. The third-order valence-electron chi connectivity index (χ3n) is 5.10. The zero-order chi connectivity index (χ0) is 41.3. The minimum atomic E-state index is 0.169. The van der Waals surface area contributed by atoms with Gasteiger partial charge in [0.25, 0.3) is 0 Å². The third kappa shape index (κ3) is 29.8. The molecule has 0 saturated heterocycles. The predicted molar refractivity (Wildman–Crippen MR) is 195 cm³/mol. The normalized spacial score (nSPS) is 8.30. The van der Waals surface area contributed by atoms with E-state index in [-0.39, 0.29) is 69.0 Å². The molecule has 0 fully saturated rings. The Morgan fingerprint density at radius 2 is 0.259 bits per heavy atom. The molecule has 0 aliphatic heterocycles. The lowest BCUT2D eigenvalue weighted by Crippen LogP contribution is -1.61. The van der Waals surface area contributed by atoms with Crippen molar-refractivity contribution in [1.82, 2.24) is 0 Å². The Labute approximate surface area is 308 Å². The monoisotopic (exact) mass is 746 g/mol. The Hall–Kier alpha value is -8.32. The van der Waals surface area contributed by atoms with E-state index < -0.39 is 0 Å². The van der Waals surface area contributed by atoms with Crippen molar-refractivity contribution < 1.29 is 70.9 Å².